The van der Waals surface area contributed by atoms with Gasteiger partial charge in [0, 0.05) is 24.3 Å². The Hall–Kier alpha value is -2.95. The Bertz CT molecular complexity index is 919. The summed E-state index contributed by atoms with van der Waals surface area (Å²) in [6, 6.07) is 1.29. The number of hydrogen-bond donors (Lipinski definition) is 1. The molecule has 0 saturated carbocycles. The number of carbonyl (C=O) groups excluding carboxylic acids is 4. The van der Waals surface area contributed by atoms with Crippen LogP contribution in [0, 0.1) is 11.6 Å². The minimum Gasteiger partial charge on any atom is -0.543 e. The quantitative estimate of drug-likeness (QED) is 0.515. The molecular formula is C17H13F2N2O6S-. The summed E-state index contributed by atoms with van der Waals surface area (Å²) in [5.41, 5.74) is -0.660. The van der Waals surface area contributed by atoms with Crippen LogP contribution in [0.3, 0.4) is 0 Å². The first-order valence-electron chi connectivity index (χ1n) is 7.98. The number of carboxylic acid groups (broad SMARTS) is 1. The number of benzene rings is 1. The van der Waals surface area contributed by atoms with E-state index in [1.807, 2.05) is 0 Å². The summed E-state index contributed by atoms with van der Waals surface area (Å²) in [7, 11) is 0. The number of rotatable bonds is 5. The zero-order valence-electron chi connectivity index (χ0n) is 14.4. The average molecular weight is 411 g/mol. The van der Waals surface area contributed by atoms with Crippen LogP contribution in [0.2, 0.25) is 0 Å². The second-order valence-electron chi connectivity index (χ2n) is 6.00. The molecule has 0 radical (unpaired) electrons. The summed E-state index contributed by atoms with van der Waals surface area (Å²) in [4.78, 5) is 48.0. The van der Waals surface area contributed by atoms with Gasteiger partial charge in [0.15, 0.2) is 0 Å². The molecule has 2 aliphatic heterocycles. The summed E-state index contributed by atoms with van der Waals surface area (Å²) in [5, 5.41) is 13.1. The molecule has 8 nitrogen and oxygen atoms in total. The van der Waals surface area contributed by atoms with Gasteiger partial charge in [-0.15, -0.1) is 11.8 Å². The number of β-lactam (4-membered cyclic amide) rings is 1. The topological polar surface area (TPSA) is 116 Å². The van der Waals surface area contributed by atoms with E-state index in [4.69, 9.17) is 4.74 Å². The van der Waals surface area contributed by atoms with Gasteiger partial charge in [0.2, 0.25) is 0 Å². The van der Waals surface area contributed by atoms with E-state index in [-0.39, 0.29) is 17.9 Å². The Morgan fingerprint density at radius 1 is 1.36 bits per heavy atom. The van der Waals surface area contributed by atoms with Crippen LogP contribution in [0.4, 0.5) is 8.78 Å². The second-order valence-corrected chi connectivity index (χ2v) is 7.11. The second kappa shape index (κ2) is 7.58. The van der Waals surface area contributed by atoms with Crippen molar-refractivity contribution in [3.63, 3.8) is 0 Å². The molecule has 3 rings (SSSR count). The van der Waals surface area contributed by atoms with Crippen LogP contribution in [0.5, 0.6) is 0 Å². The van der Waals surface area contributed by atoms with Crippen LogP contribution in [0.25, 0.3) is 0 Å². The lowest BCUT2D eigenvalue weighted by atomic mass is 10.0. The molecule has 0 bridgehead atoms. The number of aliphatic carboxylic acids is 1. The van der Waals surface area contributed by atoms with Crippen LogP contribution in [0.1, 0.15) is 17.3 Å². The summed E-state index contributed by atoms with van der Waals surface area (Å²) in [6.07, 6.45) is 0. The highest BCUT2D eigenvalue weighted by Gasteiger charge is 2.53. The first-order valence-corrected chi connectivity index (χ1v) is 9.03. The van der Waals surface area contributed by atoms with Crippen LogP contribution >= 0.6 is 11.8 Å². The van der Waals surface area contributed by atoms with Gasteiger partial charge in [0.05, 0.1) is 17.2 Å². The maximum Gasteiger partial charge on any atom is 0.302 e. The monoisotopic (exact) mass is 411 g/mol. The Kier molecular flexibility index (Phi) is 5.36. The number of nitrogens with one attached hydrogen (secondary N) is 1. The minimum absolute atomic E-state index is 0.127. The fourth-order valence-electron chi connectivity index (χ4n) is 2.86. The van der Waals surface area contributed by atoms with Gasteiger partial charge in [-0.25, -0.2) is 8.78 Å². The number of hydrogen-bond acceptors (Lipinski definition) is 7. The van der Waals surface area contributed by atoms with Crippen molar-refractivity contribution in [3.05, 3.63) is 46.7 Å². The first kappa shape index (κ1) is 19.8. The van der Waals surface area contributed by atoms with Gasteiger partial charge in [-0.3, -0.25) is 19.3 Å². The largest absolute Gasteiger partial charge is 0.543 e. The van der Waals surface area contributed by atoms with Gasteiger partial charge < -0.3 is 20.0 Å². The highest BCUT2D eigenvalue weighted by molar-refractivity contribution is 8.00. The van der Waals surface area contributed by atoms with Crippen LogP contribution in [-0.4, -0.2) is 52.4 Å². The van der Waals surface area contributed by atoms with Gasteiger partial charge >= 0.3 is 5.97 Å². The van der Waals surface area contributed by atoms with E-state index in [0.29, 0.717) is 6.07 Å². The molecule has 2 amide bonds. The molecule has 1 saturated heterocycles. The Balaban J connectivity index is 1.77. The van der Waals surface area contributed by atoms with Crippen molar-refractivity contribution in [2.24, 2.45) is 0 Å². The number of carbonyl (C=O) groups is 4. The first-order chi connectivity index (χ1) is 13.2. The van der Waals surface area contributed by atoms with Gasteiger partial charge in [-0.1, -0.05) is 0 Å². The number of carboxylic acids is 1. The van der Waals surface area contributed by atoms with Gasteiger partial charge in [-0.05, 0) is 12.1 Å². The van der Waals surface area contributed by atoms with Crippen LogP contribution < -0.4 is 10.4 Å². The van der Waals surface area contributed by atoms with E-state index in [1.165, 1.54) is 0 Å². The lowest BCUT2D eigenvalue weighted by Gasteiger charge is -2.50. The van der Waals surface area contributed by atoms with Crippen molar-refractivity contribution >= 4 is 35.5 Å². The third-order valence-corrected chi connectivity index (χ3v) is 5.49. The molecule has 11 heteroatoms. The van der Waals surface area contributed by atoms with Crippen LogP contribution in [0.15, 0.2) is 29.5 Å². The Morgan fingerprint density at radius 2 is 2.07 bits per heavy atom. The summed E-state index contributed by atoms with van der Waals surface area (Å²) in [5.74, 6) is -5.70. The number of amides is 2. The SMILES string of the molecule is CC(=O)OCC1=C(C(=O)[O-])N2C(=O)[C@@H](NC(=O)c3ccc(F)cc3F)[C@H]2SC1. The highest BCUT2D eigenvalue weighted by Crippen LogP contribution is 2.40. The molecule has 28 heavy (non-hydrogen) atoms. The van der Waals surface area contributed by atoms with Gasteiger partial charge in [-0.2, -0.15) is 0 Å². The number of halogens is 2. The van der Waals surface area contributed by atoms with E-state index in [0.717, 1.165) is 35.7 Å². The van der Waals surface area contributed by atoms with E-state index in [2.05, 4.69) is 5.32 Å². The van der Waals surface area contributed by atoms with Gasteiger partial charge in [0.1, 0.15) is 29.7 Å². The molecule has 1 aromatic rings. The molecule has 0 spiro atoms. The number of nitrogens with zero attached hydrogens (tertiary/aromatic N) is 1. The van der Waals surface area contributed by atoms with E-state index in [9.17, 15) is 33.1 Å². The third-order valence-electron chi connectivity index (χ3n) is 4.15. The lowest BCUT2D eigenvalue weighted by molar-refractivity contribution is -0.301. The molecule has 1 N–H and O–H groups in total. The zero-order chi connectivity index (χ0) is 20.6. The van der Waals surface area contributed by atoms with E-state index >= 15 is 0 Å². The molecule has 0 unspecified atom stereocenters. The smallest absolute Gasteiger partial charge is 0.302 e. The van der Waals surface area contributed by atoms with Crippen molar-refractivity contribution in [1.29, 1.82) is 0 Å². The molecule has 148 valence electrons. The molecular weight excluding hydrogens is 398 g/mol. The number of thioether (sulfide) groups is 1. The normalized spacial score (nSPS) is 21.0. The molecule has 2 heterocycles. The number of esters is 1. The minimum atomic E-state index is -1.62. The molecule has 2 aliphatic rings. The summed E-state index contributed by atoms with van der Waals surface area (Å²) < 4.78 is 31.5. The third kappa shape index (κ3) is 3.57. The molecule has 2 atom stereocenters. The highest BCUT2D eigenvalue weighted by atomic mass is 32.2. The lowest BCUT2D eigenvalue weighted by Crippen LogP contribution is -2.71. The fraction of sp³-hybridized carbons (Fsp3) is 0.294. The predicted octanol–water partition coefficient (Wildman–Crippen LogP) is -0.455. The van der Waals surface area contributed by atoms with Gasteiger partial charge in [0.25, 0.3) is 11.8 Å². The number of fused-ring (bicyclic) bond motifs is 1. The summed E-state index contributed by atoms with van der Waals surface area (Å²) >= 11 is 1.15. The van der Waals surface area contributed by atoms with E-state index < -0.39 is 58.1 Å². The predicted molar refractivity (Wildman–Crippen MR) is 89.4 cm³/mol. The maximum absolute atomic E-state index is 13.7. The molecule has 0 aromatic heterocycles. The molecule has 1 aromatic carbocycles. The summed E-state index contributed by atoms with van der Waals surface area (Å²) in [6.45, 7) is 0.854. The average Bonchev–Trinajstić information content (AvgIpc) is 2.63. The fourth-order valence-corrected chi connectivity index (χ4v) is 4.19. The van der Waals surface area contributed by atoms with Crippen molar-refractivity contribution < 1.29 is 37.8 Å². The Labute approximate surface area is 161 Å². The standard InChI is InChI=1S/C17H14F2N2O6S/c1-7(22)27-5-8-6-28-16-12(15(24)21(16)13(8)17(25)26)20-14(23)10-3-2-9(18)4-11(10)19/h2-4,12,16H,5-6H2,1H3,(H,20,23)(H,25,26)/p-1/t12-,16-/m1/s1. The number of ether oxygens (including phenoxy) is 1. The van der Waals surface area contributed by atoms with Crippen LogP contribution in [-0.2, 0) is 19.1 Å². The van der Waals surface area contributed by atoms with Crippen molar-refractivity contribution in [3.8, 4) is 0 Å². The van der Waals surface area contributed by atoms with Crippen molar-refractivity contribution in [2.45, 2.75) is 18.3 Å². The molecule has 1 fully saturated rings. The van der Waals surface area contributed by atoms with Crippen molar-refractivity contribution in [2.75, 3.05) is 12.4 Å². The van der Waals surface area contributed by atoms with E-state index in [1.54, 1.807) is 0 Å². The maximum atomic E-state index is 13.7. The zero-order valence-corrected chi connectivity index (χ0v) is 15.2. The Morgan fingerprint density at radius 3 is 2.68 bits per heavy atom. The molecule has 0 aliphatic carbocycles. The van der Waals surface area contributed by atoms with Crippen molar-refractivity contribution in [1.82, 2.24) is 10.2 Å².